The number of nitrogens with one attached hydrogen (secondary N) is 1. The van der Waals surface area contributed by atoms with E-state index in [1.165, 1.54) is 16.8 Å². The predicted octanol–water partition coefficient (Wildman–Crippen LogP) is 2.21. The molecule has 0 unspecified atom stereocenters. The quantitative estimate of drug-likeness (QED) is 0.753. The number of hydrogen-bond acceptors (Lipinski definition) is 7. The zero-order valence-electron chi connectivity index (χ0n) is 16.0. The lowest BCUT2D eigenvalue weighted by molar-refractivity contribution is 0.455. The van der Waals surface area contributed by atoms with Gasteiger partial charge in [0, 0.05) is 55.6 Å². The van der Waals surface area contributed by atoms with Crippen LogP contribution in [0.15, 0.2) is 43.0 Å². The highest BCUT2D eigenvalue weighted by molar-refractivity contribution is 5.84. The Balaban J connectivity index is 1.34. The molecule has 2 saturated heterocycles. The zero-order valence-corrected chi connectivity index (χ0v) is 16.0. The normalized spacial score (nSPS) is 18.6. The lowest BCUT2D eigenvalue weighted by Gasteiger charge is -2.36. The first-order chi connectivity index (χ1) is 13.9. The SMILES string of the molecule is c1cnc(N2CCN(c3ccc4c(C5CCNCC5)ncnc4c3)CC2)nc1. The van der Waals surface area contributed by atoms with Crippen molar-refractivity contribution in [3.05, 3.63) is 48.7 Å². The van der Waals surface area contributed by atoms with Gasteiger partial charge >= 0.3 is 0 Å². The largest absolute Gasteiger partial charge is 0.368 e. The molecule has 2 aliphatic rings. The fraction of sp³-hybridized carbons (Fsp3) is 0.429. The lowest BCUT2D eigenvalue weighted by Crippen LogP contribution is -2.47. The topological polar surface area (TPSA) is 70.1 Å². The third-order valence-electron chi connectivity index (χ3n) is 5.86. The van der Waals surface area contributed by atoms with Crippen molar-refractivity contribution in [1.29, 1.82) is 0 Å². The van der Waals surface area contributed by atoms with Crippen LogP contribution in [0.4, 0.5) is 11.6 Å². The zero-order chi connectivity index (χ0) is 18.8. The highest BCUT2D eigenvalue weighted by atomic mass is 15.3. The molecule has 2 fully saturated rings. The summed E-state index contributed by atoms with van der Waals surface area (Å²) in [4.78, 5) is 22.6. The monoisotopic (exact) mass is 375 g/mol. The first kappa shape index (κ1) is 17.3. The molecule has 0 atom stereocenters. The van der Waals surface area contributed by atoms with Crippen LogP contribution in [0, 0.1) is 0 Å². The summed E-state index contributed by atoms with van der Waals surface area (Å²) in [6, 6.07) is 8.52. The first-order valence-electron chi connectivity index (χ1n) is 10.1. The van der Waals surface area contributed by atoms with E-state index in [0.717, 1.165) is 63.6 Å². The van der Waals surface area contributed by atoms with E-state index in [1.807, 2.05) is 6.07 Å². The number of aromatic nitrogens is 4. The smallest absolute Gasteiger partial charge is 0.225 e. The third-order valence-corrected chi connectivity index (χ3v) is 5.86. The number of rotatable bonds is 3. The van der Waals surface area contributed by atoms with Crippen LogP contribution in [0.5, 0.6) is 0 Å². The number of fused-ring (bicyclic) bond motifs is 1. The maximum atomic E-state index is 4.64. The van der Waals surface area contributed by atoms with Gasteiger partial charge in [-0.15, -0.1) is 0 Å². The predicted molar refractivity (Wildman–Crippen MR) is 111 cm³/mol. The van der Waals surface area contributed by atoms with Crippen molar-refractivity contribution in [2.45, 2.75) is 18.8 Å². The molecule has 5 rings (SSSR count). The molecule has 0 amide bonds. The van der Waals surface area contributed by atoms with Gasteiger partial charge in [-0.25, -0.2) is 19.9 Å². The Morgan fingerprint density at radius 1 is 0.857 bits per heavy atom. The van der Waals surface area contributed by atoms with E-state index in [1.54, 1.807) is 18.7 Å². The van der Waals surface area contributed by atoms with Crippen LogP contribution in [0.1, 0.15) is 24.5 Å². The molecule has 0 aliphatic carbocycles. The van der Waals surface area contributed by atoms with Crippen LogP contribution in [0.2, 0.25) is 0 Å². The van der Waals surface area contributed by atoms with Crippen molar-refractivity contribution in [1.82, 2.24) is 25.3 Å². The van der Waals surface area contributed by atoms with Gasteiger partial charge in [0.15, 0.2) is 0 Å². The molecule has 0 spiro atoms. The summed E-state index contributed by atoms with van der Waals surface area (Å²) in [5.74, 6) is 1.35. The van der Waals surface area contributed by atoms with Gasteiger partial charge in [0.25, 0.3) is 0 Å². The van der Waals surface area contributed by atoms with Crippen molar-refractivity contribution >= 4 is 22.5 Å². The summed E-state index contributed by atoms with van der Waals surface area (Å²) >= 11 is 0. The first-order valence-corrected chi connectivity index (χ1v) is 10.1. The molecule has 1 N–H and O–H groups in total. The number of piperazine rings is 1. The lowest BCUT2D eigenvalue weighted by atomic mass is 9.92. The number of anilines is 2. The molecular weight excluding hydrogens is 350 g/mol. The van der Waals surface area contributed by atoms with Crippen LogP contribution in [0.3, 0.4) is 0 Å². The van der Waals surface area contributed by atoms with Gasteiger partial charge in [0.1, 0.15) is 6.33 Å². The number of hydrogen-bond donors (Lipinski definition) is 1. The molecule has 2 aliphatic heterocycles. The highest BCUT2D eigenvalue weighted by Crippen LogP contribution is 2.31. The Labute approximate surface area is 164 Å². The van der Waals surface area contributed by atoms with E-state index in [2.05, 4.69) is 53.3 Å². The summed E-state index contributed by atoms with van der Waals surface area (Å²) in [6.45, 7) is 5.90. The fourth-order valence-corrected chi connectivity index (χ4v) is 4.30. The van der Waals surface area contributed by atoms with Gasteiger partial charge in [-0.3, -0.25) is 0 Å². The van der Waals surface area contributed by atoms with Gasteiger partial charge in [0.2, 0.25) is 5.95 Å². The van der Waals surface area contributed by atoms with Crippen LogP contribution >= 0.6 is 0 Å². The van der Waals surface area contributed by atoms with E-state index >= 15 is 0 Å². The molecule has 0 bridgehead atoms. The fourth-order valence-electron chi connectivity index (χ4n) is 4.30. The standard InChI is InChI=1S/C21H25N7/c1-6-23-21(24-7-1)28-12-10-27(11-13-28)17-2-3-18-19(14-17)25-15-26-20(18)16-4-8-22-9-5-16/h1-3,6-7,14-16,22H,4-5,8-13H2. The van der Waals surface area contributed by atoms with Crippen LogP contribution in [0.25, 0.3) is 10.9 Å². The van der Waals surface area contributed by atoms with E-state index < -0.39 is 0 Å². The second-order valence-electron chi connectivity index (χ2n) is 7.51. The average molecular weight is 375 g/mol. The Hall–Kier alpha value is -2.80. The van der Waals surface area contributed by atoms with Gasteiger partial charge in [0.05, 0.1) is 11.2 Å². The van der Waals surface area contributed by atoms with E-state index in [0.29, 0.717) is 5.92 Å². The molecule has 0 radical (unpaired) electrons. The molecular formula is C21H25N7. The number of benzene rings is 1. The second kappa shape index (κ2) is 7.67. The van der Waals surface area contributed by atoms with E-state index in [-0.39, 0.29) is 0 Å². The van der Waals surface area contributed by atoms with Crippen LogP contribution in [-0.4, -0.2) is 59.2 Å². The third kappa shape index (κ3) is 3.38. The molecule has 3 aromatic rings. The molecule has 4 heterocycles. The minimum absolute atomic E-state index is 0.534. The maximum absolute atomic E-state index is 4.64. The average Bonchev–Trinajstić information content (AvgIpc) is 2.79. The van der Waals surface area contributed by atoms with Crippen molar-refractivity contribution < 1.29 is 0 Å². The number of nitrogens with zero attached hydrogens (tertiary/aromatic N) is 6. The van der Waals surface area contributed by atoms with Crippen LogP contribution < -0.4 is 15.1 Å². The highest BCUT2D eigenvalue weighted by Gasteiger charge is 2.21. The van der Waals surface area contributed by atoms with Crippen LogP contribution in [-0.2, 0) is 0 Å². The summed E-state index contributed by atoms with van der Waals surface area (Å²) in [5.41, 5.74) is 3.50. The number of piperidine rings is 1. The Bertz CT molecular complexity index is 932. The summed E-state index contributed by atoms with van der Waals surface area (Å²) in [6.07, 6.45) is 7.64. The van der Waals surface area contributed by atoms with Gasteiger partial charge < -0.3 is 15.1 Å². The van der Waals surface area contributed by atoms with E-state index in [4.69, 9.17) is 0 Å². The van der Waals surface area contributed by atoms with Gasteiger partial charge in [-0.1, -0.05) is 0 Å². The second-order valence-corrected chi connectivity index (χ2v) is 7.51. The van der Waals surface area contributed by atoms with Crippen molar-refractivity contribution in [3.8, 4) is 0 Å². The minimum Gasteiger partial charge on any atom is -0.368 e. The van der Waals surface area contributed by atoms with Gasteiger partial charge in [-0.2, -0.15) is 0 Å². The summed E-state index contributed by atoms with van der Waals surface area (Å²) in [5, 5.41) is 4.64. The van der Waals surface area contributed by atoms with E-state index in [9.17, 15) is 0 Å². The van der Waals surface area contributed by atoms with Gasteiger partial charge in [-0.05, 0) is 50.2 Å². The molecule has 0 saturated carbocycles. The Morgan fingerprint density at radius 2 is 1.61 bits per heavy atom. The minimum atomic E-state index is 0.534. The molecule has 7 nitrogen and oxygen atoms in total. The maximum Gasteiger partial charge on any atom is 0.225 e. The summed E-state index contributed by atoms with van der Waals surface area (Å²) < 4.78 is 0. The molecule has 1 aromatic carbocycles. The Morgan fingerprint density at radius 3 is 2.39 bits per heavy atom. The van der Waals surface area contributed by atoms with Crippen molar-refractivity contribution in [2.24, 2.45) is 0 Å². The molecule has 7 heteroatoms. The molecule has 28 heavy (non-hydrogen) atoms. The van der Waals surface area contributed by atoms with Crippen molar-refractivity contribution in [2.75, 3.05) is 49.1 Å². The van der Waals surface area contributed by atoms with Crippen molar-refractivity contribution in [3.63, 3.8) is 0 Å². The summed E-state index contributed by atoms with van der Waals surface area (Å²) in [7, 11) is 0. The Kier molecular flexibility index (Phi) is 4.74. The molecule has 144 valence electrons. The molecule has 2 aromatic heterocycles.